The lowest BCUT2D eigenvalue weighted by Gasteiger charge is -2.08. The minimum atomic E-state index is -4.29. The molecule has 0 bridgehead atoms. The molecule has 7 heteroatoms. The summed E-state index contributed by atoms with van der Waals surface area (Å²) in [4.78, 5) is 0. The van der Waals surface area contributed by atoms with Crippen LogP contribution in [-0.4, -0.2) is 22.6 Å². The number of ether oxygens (including phenoxy) is 1. The van der Waals surface area contributed by atoms with E-state index in [9.17, 15) is 13.2 Å². The number of hydrogen-bond acceptors (Lipinski definition) is 2. The molecule has 3 nitrogen and oxygen atoms in total. The highest BCUT2D eigenvalue weighted by Gasteiger charge is 2.27. The Labute approximate surface area is 99.7 Å². The van der Waals surface area contributed by atoms with Gasteiger partial charge in [-0.05, 0) is 22.4 Å². The van der Waals surface area contributed by atoms with E-state index in [0.717, 1.165) is 10.2 Å². The Morgan fingerprint density at radius 1 is 1.44 bits per heavy atom. The van der Waals surface area contributed by atoms with Crippen LogP contribution in [0.25, 0.3) is 0 Å². The van der Waals surface area contributed by atoms with Crippen molar-refractivity contribution in [1.29, 1.82) is 0 Å². The number of halogens is 4. The van der Waals surface area contributed by atoms with Gasteiger partial charge in [0.1, 0.15) is 6.61 Å². The fourth-order valence-corrected chi connectivity index (χ4v) is 1.97. The van der Waals surface area contributed by atoms with Gasteiger partial charge in [-0.15, -0.1) is 0 Å². The molecule has 0 saturated heterocycles. The summed E-state index contributed by atoms with van der Waals surface area (Å²) in [5, 5.41) is 4.15. The summed E-state index contributed by atoms with van der Waals surface area (Å²) in [5.41, 5.74) is 1.43. The number of hydrogen-bond donors (Lipinski definition) is 0. The summed E-state index contributed by atoms with van der Waals surface area (Å²) in [7, 11) is 1.68. The van der Waals surface area contributed by atoms with Crippen molar-refractivity contribution < 1.29 is 17.9 Å². The molecule has 0 saturated carbocycles. The third-order valence-electron chi connectivity index (χ3n) is 2.01. The standard InChI is InChI=1S/C9H12BrF3N2O/c1-3-6-8(10)7(15(2)14-6)4-16-5-9(11,12)13/h3-5H2,1-2H3. The number of nitrogens with zero attached hydrogens (tertiary/aromatic N) is 2. The summed E-state index contributed by atoms with van der Waals surface area (Å²) >= 11 is 3.30. The van der Waals surface area contributed by atoms with Crippen LogP contribution in [0.5, 0.6) is 0 Å². The number of aryl methyl sites for hydroxylation is 2. The van der Waals surface area contributed by atoms with Crippen LogP contribution in [0.4, 0.5) is 13.2 Å². The first-order chi connectivity index (χ1) is 7.35. The van der Waals surface area contributed by atoms with Crippen molar-refractivity contribution >= 4 is 15.9 Å². The Balaban J connectivity index is 2.64. The van der Waals surface area contributed by atoms with E-state index >= 15 is 0 Å². The van der Waals surface area contributed by atoms with E-state index in [-0.39, 0.29) is 6.61 Å². The number of aromatic nitrogens is 2. The zero-order valence-electron chi connectivity index (χ0n) is 8.94. The summed E-state index contributed by atoms with van der Waals surface area (Å²) in [6.45, 7) is 0.573. The quantitative estimate of drug-likeness (QED) is 0.855. The van der Waals surface area contributed by atoms with Crippen molar-refractivity contribution in [3.63, 3.8) is 0 Å². The molecule has 0 aliphatic heterocycles. The third kappa shape index (κ3) is 3.48. The Morgan fingerprint density at radius 2 is 2.06 bits per heavy atom. The molecule has 0 fully saturated rings. The Hall–Kier alpha value is -0.560. The molecule has 92 valence electrons. The first-order valence-corrected chi connectivity index (χ1v) is 5.49. The topological polar surface area (TPSA) is 27.1 Å². The van der Waals surface area contributed by atoms with E-state index in [0.29, 0.717) is 12.1 Å². The minimum Gasteiger partial charge on any atom is -0.366 e. The van der Waals surface area contributed by atoms with E-state index in [4.69, 9.17) is 0 Å². The molecule has 1 heterocycles. The number of rotatable bonds is 4. The van der Waals surface area contributed by atoms with Gasteiger partial charge in [0.05, 0.1) is 22.5 Å². The van der Waals surface area contributed by atoms with Crippen LogP contribution in [0.1, 0.15) is 18.3 Å². The molecule has 0 aliphatic carbocycles. The lowest BCUT2D eigenvalue weighted by molar-refractivity contribution is -0.177. The van der Waals surface area contributed by atoms with Crippen molar-refractivity contribution in [3.05, 3.63) is 15.9 Å². The maximum absolute atomic E-state index is 11.9. The molecule has 0 radical (unpaired) electrons. The van der Waals surface area contributed by atoms with Crippen molar-refractivity contribution in [2.24, 2.45) is 7.05 Å². The molecule has 0 amide bonds. The van der Waals surface area contributed by atoms with Crippen LogP contribution in [0, 0.1) is 0 Å². The average Bonchev–Trinajstić information content (AvgIpc) is 2.42. The van der Waals surface area contributed by atoms with Crippen molar-refractivity contribution in [2.45, 2.75) is 26.1 Å². The summed E-state index contributed by atoms with van der Waals surface area (Å²) in [5.74, 6) is 0. The summed E-state index contributed by atoms with van der Waals surface area (Å²) < 4.78 is 42.5. The average molecular weight is 301 g/mol. The molecule has 0 atom stereocenters. The largest absolute Gasteiger partial charge is 0.411 e. The zero-order chi connectivity index (χ0) is 12.3. The van der Waals surface area contributed by atoms with E-state index in [1.54, 1.807) is 7.05 Å². The van der Waals surface area contributed by atoms with Gasteiger partial charge in [0.15, 0.2) is 0 Å². The maximum Gasteiger partial charge on any atom is 0.411 e. The molecule has 1 aromatic heterocycles. The predicted octanol–water partition coefficient (Wildman–Crippen LogP) is 2.82. The number of alkyl halides is 3. The van der Waals surface area contributed by atoms with Crippen LogP contribution in [0.2, 0.25) is 0 Å². The Morgan fingerprint density at radius 3 is 2.50 bits per heavy atom. The minimum absolute atomic E-state index is 0.108. The summed E-state index contributed by atoms with van der Waals surface area (Å²) in [6, 6.07) is 0. The van der Waals surface area contributed by atoms with Gasteiger partial charge in [-0.2, -0.15) is 18.3 Å². The molecule has 16 heavy (non-hydrogen) atoms. The highest BCUT2D eigenvalue weighted by molar-refractivity contribution is 9.10. The fraction of sp³-hybridized carbons (Fsp3) is 0.667. The van der Waals surface area contributed by atoms with Gasteiger partial charge < -0.3 is 4.74 Å². The highest BCUT2D eigenvalue weighted by Crippen LogP contribution is 2.23. The van der Waals surface area contributed by atoms with Gasteiger partial charge in [-0.3, -0.25) is 4.68 Å². The maximum atomic E-state index is 11.9. The predicted molar refractivity (Wildman–Crippen MR) is 56.0 cm³/mol. The second-order valence-corrected chi connectivity index (χ2v) is 4.09. The lowest BCUT2D eigenvalue weighted by Crippen LogP contribution is -2.17. The van der Waals surface area contributed by atoms with Crippen molar-refractivity contribution in [3.8, 4) is 0 Å². The van der Waals surface area contributed by atoms with E-state index in [1.165, 1.54) is 4.68 Å². The Kier molecular flexibility index (Phi) is 4.37. The van der Waals surface area contributed by atoms with Crippen molar-refractivity contribution in [1.82, 2.24) is 9.78 Å². The van der Waals surface area contributed by atoms with E-state index in [2.05, 4.69) is 25.8 Å². The van der Waals surface area contributed by atoms with Crippen molar-refractivity contribution in [2.75, 3.05) is 6.61 Å². The molecule has 0 aromatic carbocycles. The van der Waals surface area contributed by atoms with Crippen LogP contribution in [-0.2, 0) is 24.8 Å². The van der Waals surface area contributed by atoms with Gasteiger partial charge >= 0.3 is 6.18 Å². The zero-order valence-corrected chi connectivity index (χ0v) is 10.5. The molecular formula is C9H12BrF3N2O. The smallest absolute Gasteiger partial charge is 0.366 e. The fourth-order valence-electron chi connectivity index (χ4n) is 1.24. The molecule has 0 aliphatic rings. The SMILES string of the molecule is CCc1nn(C)c(COCC(F)(F)F)c1Br. The first kappa shape index (κ1) is 13.5. The Bertz CT molecular complexity index is 362. The van der Waals surface area contributed by atoms with Gasteiger partial charge in [-0.25, -0.2) is 0 Å². The van der Waals surface area contributed by atoms with Crippen LogP contribution >= 0.6 is 15.9 Å². The second-order valence-electron chi connectivity index (χ2n) is 3.29. The van der Waals surface area contributed by atoms with Gasteiger partial charge in [0.25, 0.3) is 0 Å². The van der Waals surface area contributed by atoms with Crippen LogP contribution in [0.15, 0.2) is 4.47 Å². The molecule has 1 rings (SSSR count). The van der Waals surface area contributed by atoms with E-state index < -0.39 is 12.8 Å². The van der Waals surface area contributed by atoms with Crippen LogP contribution in [0.3, 0.4) is 0 Å². The third-order valence-corrected chi connectivity index (χ3v) is 2.92. The van der Waals surface area contributed by atoms with E-state index in [1.807, 2.05) is 6.92 Å². The normalized spacial score (nSPS) is 12.1. The molecule has 0 unspecified atom stereocenters. The van der Waals surface area contributed by atoms with Gasteiger partial charge in [0, 0.05) is 7.05 Å². The summed E-state index contributed by atoms with van der Waals surface area (Å²) in [6.07, 6.45) is -3.58. The van der Waals surface area contributed by atoms with Gasteiger partial charge in [-0.1, -0.05) is 6.92 Å². The highest BCUT2D eigenvalue weighted by atomic mass is 79.9. The molecule has 0 spiro atoms. The lowest BCUT2D eigenvalue weighted by atomic mass is 10.3. The van der Waals surface area contributed by atoms with Gasteiger partial charge in [0.2, 0.25) is 0 Å². The molecule has 1 aromatic rings. The molecular weight excluding hydrogens is 289 g/mol. The monoisotopic (exact) mass is 300 g/mol. The second kappa shape index (κ2) is 5.18. The first-order valence-electron chi connectivity index (χ1n) is 4.70. The molecule has 0 N–H and O–H groups in total. The van der Waals surface area contributed by atoms with Crippen LogP contribution < -0.4 is 0 Å².